The summed E-state index contributed by atoms with van der Waals surface area (Å²) in [4.78, 5) is 2.58. The van der Waals surface area contributed by atoms with E-state index in [0.717, 1.165) is 24.4 Å². The molecule has 100 valence electrons. The number of hydrogen-bond donors (Lipinski definition) is 1. The second-order valence-electron chi connectivity index (χ2n) is 6.23. The van der Waals surface area contributed by atoms with Gasteiger partial charge in [0.2, 0.25) is 0 Å². The van der Waals surface area contributed by atoms with E-state index in [9.17, 15) is 0 Å². The van der Waals surface area contributed by atoms with E-state index in [1.807, 2.05) is 0 Å². The molecule has 1 atom stereocenters. The molecule has 0 amide bonds. The molecule has 0 aliphatic heterocycles. The van der Waals surface area contributed by atoms with Crippen LogP contribution in [0.25, 0.3) is 0 Å². The first-order chi connectivity index (χ1) is 8.29. The lowest BCUT2D eigenvalue weighted by molar-refractivity contribution is 0.209. The van der Waals surface area contributed by atoms with Crippen molar-refractivity contribution in [3.8, 4) is 0 Å². The third-order valence-electron chi connectivity index (χ3n) is 4.46. The highest BCUT2D eigenvalue weighted by atomic mass is 15.1. The first-order valence-electron chi connectivity index (χ1n) is 7.71. The minimum absolute atomic E-state index is 0.758. The standard InChI is InChI=1S/C15H30N2/c1-3-16-15(14-9-10-14)12-17(2)11-13-7-5-4-6-8-13/h13-16H,3-12H2,1-2H3. The van der Waals surface area contributed by atoms with Crippen molar-refractivity contribution in [1.82, 2.24) is 10.2 Å². The Kier molecular flexibility index (Phi) is 5.30. The smallest absolute Gasteiger partial charge is 0.0223 e. The van der Waals surface area contributed by atoms with Crippen LogP contribution >= 0.6 is 0 Å². The molecule has 0 spiro atoms. The molecule has 0 aromatic carbocycles. The van der Waals surface area contributed by atoms with Crippen LogP contribution in [-0.2, 0) is 0 Å². The minimum atomic E-state index is 0.758. The van der Waals surface area contributed by atoms with Gasteiger partial charge in [0.1, 0.15) is 0 Å². The Balaban J connectivity index is 1.68. The molecule has 2 heteroatoms. The maximum absolute atomic E-state index is 3.67. The van der Waals surface area contributed by atoms with Gasteiger partial charge in [0.25, 0.3) is 0 Å². The molecule has 0 aromatic rings. The van der Waals surface area contributed by atoms with Gasteiger partial charge in [0, 0.05) is 19.1 Å². The second kappa shape index (κ2) is 6.75. The largest absolute Gasteiger partial charge is 0.313 e. The number of nitrogens with zero attached hydrogens (tertiary/aromatic N) is 1. The van der Waals surface area contributed by atoms with Crippen molar-refractivity contribution in [3.63, 3.8) is 0 Å². The topological polar surface area (TPSA) is 15.3 Å². The Morgan fingerprint density at radius 1 is 1.12 bits per heavy atom. The van der Waals surface area contributed by atoms with Gasteiger partial charge in [-0.25, -0.2) is 0 Å². The van der Waals surface area contributed by atoms with Gasteiger partial charge in [-0.1, -0.05) is 26.2 Å². The van der Waals surface area contributed by atoms with E-state index in [0.29, 0.717) is 0 Å². The maximum atomic E-state index is 3.67. The van der Waals surface area contributed by atoms with E-state index in [1.165, 1.54) is 58.0 Å². The molecule has 2 fully saturated rings. The summed E-state index contributed by atoms with van der Waals surface area (Å²) in [7, 11) is 2.32. The van der Waals surface area contributed by atoms with Crippen molar-refractivity contribution in [2.75, 3.05) is 26.7 Å². The molecule has 0 heterocycles. The quantitative estimate of drug-likeness (QED) is 0.733. The number of likely N-dealkylation sites (N-methyl/N-ethyl adjacent to an activating group) is 2. The van der Waals surface area contributed by atoms with E-state index in [4.69, 9.17) is 0 Å². The first-order valence-corrected chi connectivity index (χ1v) is 7.71. The van der Waals surface area contributed by atoms with Crippen LogP contribution in [0.4, 0.5) is 0 Å². The van der Waals surface area contributed by atoms with Crippen molar-refractivity contribution >= 4 is 0 Å². The molecule has 2 nitrogen and oxygen atoms in total. The lowest BCUT2D eigenvalue weighted by Gasteiger charge is -2.30. The van der Waals surface area contributed by atoms with Gasteiger partial charge in [0.15, 0.2) is 0 Å². The molecule has 17 heavy (non-hydrogen) atoms. The normalized spacial score (nSPS) is 24.2. The molecule has 1 unspecified atom stereocenters. The van der Waals surface area contributed by atoms with E-state index in [-0.39, 0.29) is 0 Å². The van der Waals surface area contributed by atoms with Crippen LogP contribution in [0, 0.1) is 11.8 Å². The fourth-order valence-corrected chi connectivity index (χ4v) is 3.36. The van der Waals surface area contributed by atoms with Crippen molar-refractivity contribution in [2.24, 2.45) is 11.8 Å². The summed E-state index contributed by atoms with van der Waals surface area (Å²) in [5.74, 6) is 1.96. The number of rotatable bonds is 7. The Labute approximate surface area is 107 Å². The van der Waals surface area contributed by atoms with Crippen LogP contribution < -0.4 is 5.32 Å². The van der Waals surface area contributed by atoms with Gasteiger partial charge in [-0.3, -0.25) is 0 Å². The number of hydrogen-bond acceptors (Lipinski definition) is 2. The summed E-state index contributed by atoms with van der Waals surface area (Å²) in [6.07, 6.45) is 10.3. The lowest BCUT2D eigenvalue weighted by Crippen LogP contribution is -2.42. The lowest BCUT2D eigenvalue weighted by atomic mass is 9.89. The molecule has 0 aromatic heterocycles. The van der Waals surface area contributed by atoms with Gasteiger partial charge in [-0.2, -0.15) is 0 Å². The van der Waals surface area contributed by atoms with Crippen LogP contribution in [0.15, 0.2) is 0 Å². The summed E-state index contributed by atoms with van der Waals surface area (Å²) in [5, 5.41) is 3.67. The Bertz CT molecular complexity index is 207. The molecular formula is C15H30N2. The van der Waals surface area contributed by atoms with E-state index < -0.39 is 0 Å². The third kappa shape index (κ3) is 4.59. The van der Waals surface area contributed by atoms with Crippen molar-refractivity contribution < 1.29 is 0 Å². The summed E-state index contributed by atoms with van der Waals surface area (Å²) < 4.78 is 0. The predicted octanol–water partition coefficient (Wildman–Crippen LogP) is 2.89. The fraction of sp³-hybridized carbons (Fsp3) is 1.00. The zero-order chi connectivity index (χ0) is 12.1. The molecule has 0 saturated heterocycles. The highest BCUT2D eigenvalue weighted by Gasteiger charge is 2.31. The number of nitrogens with one attached hydrogen (secondary N) is 1. The maximum Gasteiger partial charge on any atom is 0.0223 e. The zero-order valence-corrected chi connectivity index (χ0v) is 11.8. The van der Waals surface area contributed by atoms with Crippen molar-refractivity contribution in [3.05, 3.63) is 0 Å². The zero-order valence-electron chi connectivity index (χ0n) is 11.8. The SMILES string of the molecule is CCNC(CN(C)CC1CCCCC1)C1CC1. The fourth-order valence-electron chi connectivity index (χ4n) is 3.36. The molecule has 2 saturated carbocycles. The average Bonchev–Trinajstić information content (AvgIpc) is 3.13. The van der Waals surface area contributed by atoms with Gasteiger partial charge in [0.05, 0.1) is 0 Å². The highest BCUT2D eigenvalue weighted by molar-refractivity contribution is 4.88. The van der Waals surface area contributed by atoms with Gasteiger partial charge >= 0.3 is 0 Å². The van der Waals surface area contributed by atoms with Crippen LogP contribution in [0.1, 0.15) is 51.9 Å². The minimum Gasteiger partial charge on any atom is -0.313 e. The van der Waals surface area contributed by atoms with Crippen LogP contribution in [-0.4, -0.2) is 37.6 Å². The highest BCUT2D eigenvalue weighted by Crippen LogP contribution is 2.33. The van der Waals surface area contributed by atoms with Gasteiger partial charge < -0.3 is 10.2 Å². The van der Waals surface area contributed by atoms with E-state index in [1.54, 1.807) is 0 Å². The molecule has 2 rings (SSSR count). The molecule has 2 aliphatic carbocycles. The molecular weight excluding hydrogens is 208 g/mol. The summed E-state index contributed by atoms with van der Waals surface area (Å²) >= 11 is 0. The van der Waals surface area contributed by atoms with E-state index in [2.05, 4.69) is 24.2 Å². The predicted molar refractivity (Wildman–Crippen MR) is 74.3 cm³/mol. The average molecular weight is 238 g/mol. The van der Waals surface area contributed by atoms with E-state index >= 15 is 0 Å². The Morgan fingerprint density at radius 2 is 1.82 bits per heavy atom. The molecule has 1 N–H and O–H groups in total. The first kappa shape index (κ1) is 13.4. The van der Waals surface area contributed by atoms with Crippen LogP contribution in [0.3, 0.4) is 0 Å². The monoisotopic (exact) mass is 238 g/mol. The van der Waals surface area contributed by atoms with Gasteiger partial charge in [-0.15, -0.1) is 0 Å². The third-order valence-corrected chi connectivity index (χ3v) is 4.46. The van der Waals surface area contributed by atoms with Crippen LogP contribution in [0.2, 0.25) is 0 Å². The Morgan fingerprint density at radius 3 is 2.41 bits per heavy atom. The summed E-state index contributed by atoms with van der Waals surface area (Å²) in [5.41, 5.74) is 0. The Hall–Kier alpha value is -0.0800. The molecule has 2 aliphatic rings. The van der Waals surface area contributed by atoms with Crippen molar-refractivity contribution in [2.45, 2.75) is 57.9 Å². The van der Waals surface area contributed by atoms with Crippen LogP contribution in [0.5, 0.6) is 0 Å². The molecule has 0 bridgehead atoms. The van der Waals surface area contributed by atoms with Crippen molar-refractivity contribution in [1.29, 1.82) is 0 Å². The second-order valence-corrected chi connectivity index (χ2v) is 6.23. The summed E-state index contributed by atoms with van der Waals surface area (Å²) in [6, 6.07) is 0.758. The summed E-state index contributed by atoms with van der Waals surface area (Å²) in [6.45, 7) is 5.94. The molecule has 0 radical (unpaired) electrons. The van der Waals surface area contributed by atoms with Gasteiger partial charge in [-0.05, 0) is 51.1 Å².